The molecule has 0 saturated heterocycles. The number of rotatable bonds is 1. The Morgan fingerprint density at radius 1 is 1.07 bits per heavy atom. The summed E-state index contributed by atoms with van der Waals surface area (Å²) in [6, 6.07) is 0. The summed E-state index contributed by atoms with van der Waals surface area (Å²) in [5.74, 6) is 0.607. The third kappa shape index (κ3) is 2.12. The number of fused-ring (bicyclic) bond motifs is 5. The van der Waals surface area contributed by atoms with Gasteiger partial charge in [-0.2, -0.15) is 0 Å². The van der Waals surface area contributed by atoms with Gasteiger partial charge in [0, 0.05) is 17.0 Å². The van der Waals surface area contributed by atoms with Crippen LogP contribution in [-0.2, 0) is 5.60 Å². The largest absolute Gasteiger partial charge is 0.393 e. The second-order valence-electron chi connectivity index (χ2n) is 9.98. The first-order valence-corrected chi connectivity index (χ1v) is 11.3. The molecule has 0 spiro atoms. The van der Waals surface area contributed by atoms with E-state index in [-0.39, 0.29) is 17.4 Å². The highest BCUT2D eigenvalue weighted by molar-refractivity contribution is 7.09. The Balaban J connectivity index is 1.56. The van der Waals surface area contributed by atoms with Crippen LogP contribution in [0.25, 0.3) is 0 Å². The molecule has 1 aromatic heterocycles. The standard InChI is InChI=1S/C22H31NO3S/c1-19-7-5-15(24)13-14(19)3-4-17-16(19)6-8-20(2)21(17,25)9-10-22(20,26)18-23-11-12-27-18/h3,11-12,15-17,24-26H,4-10,13H2,1-2H3/t15?,16-,17-,19+,20+,21-,22?/m1/s1. The van der Waals surface area contributed by atoms with E-state index >= 15 is 0 Å². The molecular weight excluding hydrogens is 358 g/mol. The third-order valence-electron chi connectivity index (χ3n) is 9.20. The van der Waals surface area contributed by atoms with Crippen LogP contribution in [0.4, 0.5) is 0 Å². The van der Waals surface area contributed by atoms with Crippen LogP contribution in [0.5, 0.6) is 0 Å². The number of hydrogen-bond donors (Lipinski definition) is 3. The quantitative estimate of drug-likeness (QED) is 0.639. The molecule has 4 nitrogen and oxygen atoms in total. The summed E-state index contributed by atoms with van der Waals surface area (Å²) in [7, 11) is 0. The summed E-state index contributed by atoms with van der Waals surface area (Å²) in [5, 5.41) is 36.7. The Morgan fingerprint density at radius 2 is 1.89 bits per heavy atom. The molecule has 148 valence electrons. The van der Waals surface area contributed by atoms with Gasteiger partial charge in [0.2, 0.25) is 0 Å². The van der Waals surface area contributed by atoms with E-state index in [2.05, 4.69) is 24.9 Å². The van der Waals surface area contributed by atoms with Crippen LogP contribution in [0.15, 0.2) is 23.2 Å². The van der Waals surface area contributed by atoms with Crippen LogP contribution < -0.4 is 0 Å². The maximum absolute atomic E-state index is 12.1. The second-order valence-corrected chi connectivity index (χ2v) is 10.9. The smallest absolute Gasteiger partial charge is 0.125 e. The Bertz CT molecular complexity index is 779. The van der Waals surface area contributed by atoms with Crippen LogP contribution >= 0.6 is 11.3 Å². The Morgan fingerprint density at radius 3 is 2.63 bits per heavy atom. The molecule has 3 N–H and O–H groups in total. The topological polar surface area (TPSA) is 73.6 Å². The lowest BCUT2D eigenvalue weighted by atomic mass is 9.45. The molecule has 0 bridgehead atoms. The molecule has 0 aliphatic heterocycles. The minimum absolute atomic E-state index is 0.0844. The normalized spacial score (nSPS) is 51.9. The maximum Gasteiger partial charge on any atom is 0.125 e. The summed E-state index contributed by atoms with van der Waals surface area (Å²) in [4.78, 5) is 4.45. The van der Waals surface area contributed by atoms with Crippen molar-refractivity contribution in [2.24, 2.45) is 22.7 Å². The molecule has 5 heteroatoms. The highest BCUT2D eigenvalue weighted by atomic mass is 32.1. The fraction of sp³-hybridized carbons (Fsp3) is 0.773. The zero-order chi connectivity index (χ0) is 19.1. The van der Waals surface area contributed by atoms with Crippen molar-refractivity contribution < 1.29 is 15.3 Å². The minimum atomic E-state index is -1.03. The van der Waals surface area contributed by atoms with Crippen LogP contribution in [0.2, 0.25) is 0 Å². The molecule has 4 aliphatic carbocycles. The van der Waals surface area contributed by atoms with Crippen LogP contribution in [0.1, 0.15) is 70.2 Å². The monoisotopic (exact) mass is 389 g/mol. The summed E-state index contributed by atoms with van der Waals surface area (Å²) in [6.07, 6.45) is 10.5. The van der Waals surface area contributed by atoms with Crippen molar-refractivity contribution >= 4 is 11.3 Å². The predicted molar refractivity (Wildman–Crippen MR) is 105 cm³/mol. The van der Waals surface area contributed by atoms with Gasteiger partial charge in [0.15, 0.2) is 0 Å². The van der Waals surface area contributed by atoms with E-state index < -0.39 is 16.6 Å². The van der Waals surface area contributed by atoms with Crippen molar-refractivity contribution in [2.45, 2.75) is 82.5 Å². The zero-order valence-electron chi connectivity index (χ0n) is 16.3. The van der Waals surface area contributed by atoms with E-state index in [1.54, 1.807) is 6.20 Å². The lowest BCUT2D eigenvalue weighted by Crippen LogP contribution is -2.63. The van der Waals surface area contributed by atoms with E-state index in [0.29, 0.717) is 18.8 Å². The van der Waals surface area contributed by atoms with Gasteiger partial charge < -0.3 is 15.3 Å². The number of nitrogens with zero attached hydrogens (tertiary/aromatic N) is 1. The Labute approximate surface area is 165 Å². The van der Waals surface area contributed by atoms with E-state index in [1.807, 2.05) is 5.38 Å². The van der Waals surface area contributed by atoms with E-state index in [1.165, 1.54) is 16.9 Å². The number of thiazole rings is 1. The number of aliphatic hydroxyl groups excluding tert-OH is 1. The molecule has 1 aromatic rings. The Kier molecular flexibility index (Phi) is 3.83. The first-order valence-electron chi connectivity index (χ1n) is 10.5. The van der Waals surface area contributed by atoms with Crippen LogP contribution in [0.3, 0.4) is 0 Å². The molecule has 0 aromatic carbocycles. The van der Waals surface area contributed by atoms with Gasteiger partial charge in [-0.3, -0.25) is 0 Å². The predicted octanol–water partition coefficient (Wildman–Crippen LogP) is 3.77. The number of hydrogen-bond acceptors (Lipinski definition) is 5. The first-order chi connectivity index (χ1) is 12.7. The molecule has 5 rings (SSSR count). The van der Waals surface area contributed by atoms with E-state index in [4.69, 9.17) is 0 Å². The molecule has 0 amide bonds. The zero-order valence-corrected chi connectivity index (χ0v) is 17.1. The van der Waals surface area contributed by atoms with Crippen molar-refractivity contribution in [3.8, 4) is 0 Å². The fourth-order valence-corrected chi connectivity index (χ4v) is 8.29. The maximum atomic E-state index is 12.1. The van der Waals surface area contributed by atoms with Gasteiger partial charge in [-0.05, 0) is 68.6 Å². The number of aromatic nitrogens is 1. The summed E-state index contributed by atoms with van der Waals surface area (Å²) >= 11 is 1.51. The van der Waals surface area contributed by atoms with E-state index in [0.717, 1.165) is 43.5 Å². The highest BCUT2D eigenvalue weighted by Gasteiger charge is 2.72. The fourth-order valence-electron chi connectivity index (χ4n) is 7.40. The molecular formula is C22H31NO3S. The lowest BCUT2D eigenvalue weighted by molar-refractivity contribution is -0.218. The van der Waals surface area contributed by atoms with Gasteiger partial charge in [-0.15, -0.1) is 11.3 Å². The molecule has 3 fully saturated rings. The van der Waals surface area contributed by atoms with Gasteiger partial charge in [0.25, 0.3) is 0 Å². The van der Waals surface area contributed by atoms with Gasteiger partial charge in [-0.25, -0.2) is 4.98 Å². The summed E-state index contributed by atoms with van der Waals surface area (Å²) in [6.45, 7) is 4.46. The van der Waals surface area contributed by atoms with Crippen molar-refractivity contribution in [1.82, 2.24) is 4.98 Å². The minimum Gasteiger partial charge on any atom is -0.393 e. The van der Waals surface area contributed by atoms with Gasteiger partial charge >= 0.3 is 0 Å². The number of allylic oxidation sites excluding steroid dienone is 1. The molecule has 0 radical (unpaired) electrons. The molecule has 1 heterocycles. The summed E-state index contributed by atoms with van der Waals surface area (Å²) in [5.41, 5.74) is -0.968. The van der Waals surface area contributed by atoms with Crippen molar-refractivity contribution in [2.75, 3.05) is 0 Å². The summed E-state index contributed by atoms with van der Waals surface area (Å²) < 4.78 is 0. The highest BCUT2D eigenvalue weighted by Crippen LogP contribution is 2.70. The second kappa shape index (κ2) is 5.65. The van der Waals surface area contributed by atoms with Gasteiger partial charge in [0.1, 0.15) is 10.6 Å². The van der Waals surface area contributed by atoms with Gasteiger partial charge in [0.05, 0.1) is 11.7 Å². The lowest BCUT2D eigenvalue weighted by Gasteiger charge is -2.61. The average molecular weight is 390 g/mol. The molecule has 2 unspecified atom stereocenters. The third-order valence-corrected chi connectivity index (χ3v) is 10.1. The average Bonchev–Trinajstić information content (AvgIpc) is 3.24. The van der Waals surface area contributed by atoms with Crippen LogP contribution in [0, 0.1) is 22.7 Å². The molecule has 3 saturated carbocycles. The number of aliphatic hydroxyl groups is 3. The SMILES string of the molecule is C[C@]12CCC(O)CC1=CC[C@@H]1[C@H]2CC[C@]2(C)C(O)(c3nccs3)CC[C@@]12O. The van der Waals surface area contributed by atoms with Crippen LogP contribution in [-0.4, -0.2) is 32.0 Å². The first kappa shape index (κ1) is 18.3. The van der Waals surface area contributed by atoms with Crippen molar-refractivity contribution in [3.05, 3.63) is 28.2 Å². The molecule has 7 atom stereocenters. The Hall–Kier alpha value is -0.750. The molecule has 4 aliphatic rings. The van der Waals surface area contributed by atoms with Crippen molar-refractivity contribution in [3.63, 3.8) is 0 Å². The van der Waals surface area contributed by atoms with Crippen molar-refractivity contribution in [1.29, 1.82) is 0 Å². The van der Waals surface area contributed by atoms with Gasteiger partial charge in [-0.1, -0.05) is 25.5 Å². The molecule has 27 heavy (non-hydrogen) atoms. The van der Waals surface area contributed by atoms with E-state index in [9.17, 15) is 15.3 Å².